The summed E-state index contributed by atoms with van der Waals surface area (Å²) in [5, 5.41) is 7.17. The van der Waals surface area contributed by atoms with E-state index in [4.69, 9.17) is 0 Å². The van der Waals surface area contributed by atoms with Gasteiger partial charge in [-0.05, 0) is 31.7 Å². The van der Waals surface area contributed by atoms with Crippen LogP contribution in [-0.4, -0.2) is 46.6 Å². The van der Waals surface area contributed by atoms with E-state index in [0.717, 1.165) is 18.0 Å². The first-order chi connectivity index (χ1) is 11.9. The van der Waals surface area contributed by atoms with Gasteiger partial charge in [0.15, 0.2) is 0 Å². The molecule has 2 unspecified atom stereocenters. The molecule has 1 aliphatic rings. The van der Waals surface area contributed by atoms with Gasteiger partial charge in [0.05, 0.1) is 0 Å². The van der Waals surface area contributed by atoms with Gasteiger partial charge in [0.25, 0.3) is 0 Å². The maximum atomic E-state index is 12.5. The Morgan fingerprint density at radius 3 is 2.68 bits per heavy atom. The molecule has 1 heterocycles. The summed E-state index contributed by atoms with van der Waals surface area (Å²) >= 11 is 0. The molecule has 2 rings (SSSR count). The molecule has 2 amide bonds. The first-order valence-corrected chi connectivity index (χ1v) is 9.45. The number of likely N-dealkylation sites (N-methyl/N-ethyl adjacent to an activating group) is 1. The van der Waals surface area contributed by atoms with Crippen LogP contribution in [0.15, 0.2) is 12.3 Å². The summed E-state index contributed by atoms with van der Waals surface area (Å²) in [6.45, 7) is 6.95. The average molecular weight is 348 g/mol. The van der Waals surface area contributed by atoms with Crippen molar-refractivity contribution in [3.63, 3.8) is 0 Å². The van der Waals surface area contributed by atoms with Crippen LogP contribution in [0, 0.1) is 18.8 Å². The number of carbonyl (C=O) groups is 2. The molecule has 6 heteroatoms. The number of rotatable bonds is 9. The van der Waals surface area contributed by atoms with Gasteiger partial charge in [-0.15, -0.1) is 0 Å². The zero-order valence-electron chi connectivity index (χ0n) is 16.0. The van der Waals surface area contributed by atoms with E-state index in [1.807, 2.05) is 19.9 Å². The molecule has 0 saturated heterocycles. The topological polar surface area (TPSA) is 67.2 Å². The number of nitrogens with zero attached hydrogens (tertiary/aromatic N) is 3. The van der Waals surface area contributed by atoms with E-state index in [-0.39, 0.29) is 17.9 Å². The van der Waals surface area contributed by atoms with Crippen LogP contribution in [0.2, 0.25) is 0 Å². The first kappa shape index (κ1) is 19.5. The monoisotopic (exact) mass is 348 g/mol. The summed E-state index contributed by atoms with van der Waals surface area (Å²) < 4.78 is 1.72. The van der Waals surface area contributed by atoms with Crippen LogP contribution in [0.4, 0.5) is 0 Å². The second kappa shape index (κ2) is 9.02. The third kappa shape index (κ3) is 5.06. The summed E-state index contributed by atoms with van der Waals surface area (Å²) in [4.78, 5) is 26.3. The van der Waals surface area contributed by atoms with Crippen LogP contribution >= 0.6 is 0 Å². The van der Waals surface area contributed by atoms with E-state index in [9.17, 15) is 9.59 Å². The predicted molar refractivity (Wildman–Crippen MR) is 98.1 cm³/mol. The van der Waals surface area contributed by atoms with Crippen molar-refractivity contribution in [2.24, 2.45) is 11.8 Å². The smallest absolute Gasteiger partial charge is 0.246 e. The fourth-order valence-corrected chi connectivity index (χ4v) is 3.55. The molecular formula is C19H32N4O2. The zero-order valence-corrected chi connectivity index (χ0v) is 16.0. The zero-order chi connectivity index (χ0) is 18.4. The average Bonchev–Trinajstić information content (AvgIpc) is 2.96. The van der Waals surface area contributed by atoms with Gasteiger partial charge in [-0.3, -0.25) is 14.3 Å². The van der Waals surface area contributed by atoms with Crippen molar-refractivity contribution in [1.29, 1.82) is 0 Å². The Morgan fingerprint density at radius 1 is 1.44 bits per heavy atom. The number of carbonyl (C=O) groups excluding carboxylic acids is 2. The highest BCUT2D eigenvalue weighted by molar-refractivity contribution is 5.80. The Bertz CT molecular complexity index is 580. The Labute approximate surface area is 151 Å². The van der Waals surface area contributed by atoms with Gasteiger partial charge in [0, 0.05) is 38.4 Å². The van der Waals surface area contributed by atoms with Crippen LogP contribution in [0.1, 0.15) is 57.7 Å². The van der Waals surface area contributed by atoms with E-state index in [1.54, 1.807) is 22.8 Å². The minimum absolute atomic E-state index is 0.00181. The molecule has 6 nitrogen and oxygen atoms in total. The second-order valence-electron chi connectivity index (χ2n) is 7.27. The fraction of sp³-hybridized carbons (Fsp3) is 0.737. The van der Waals surface area contributed by atoms with Gasteiger partial charge >= 0.3 is 0 Å². The number of aromatic nitrogens is 2. The highest BCUT2D eigenvalue weighted by atomic mass is 16.2. The van der Waals surface area contributed by atoms with Crippen LogP contribution in [0.25, 0.3) is 0 Å². The SMILES string of the molecule is CCC(CC(=O)NCCN(C)C(=O)C(C)n1nccc1C)C1CCC1. The van der Waals surface area contributed by atoms with Crippen LogP contribution in [0.3, 0.4) is 0 Å². The Morgan fingerprint density at radius 2 is 2.16 bits per heavy atom. The van der Waals surface area contributed by atoms with Gasteiger partial charge in [0.2, 0.25) is 11.8 Å². The molecular weight excluding hydrogens is 316 g/mol. The lowest BCUT2D eigenvalue weighted by atomic mass is 9.73. The highest BCUT2D eigenvalue weighted by Crippen LogP contribution is 2.36. The molecule has 25 heavy (non-hydrogen) atoms. The summed E-state index contributed by atoms with van der Waals surface area (Å²) in [5.41, 5.74) is 0.962. The van der Waals surface area contributed by atoms with E-state index in [2.05, 4.69) is 17.3 Å². The van der Waals surface area contributed by atoms with E-state index < -0.39 is 0 Å². The molecule has 1 fully saturated rings. The first-order valence-electron chi connectivity index (χ1n) is 9.45. The maximum Gasteiger partial charge on any atom is 0.246 e. The van der Waals surface area contributed by atoms with Crippen LogP contribution in [-0.2, 0) is 9.59 Å². The van der Waals surface area contributed by atoms with Gasteiger partial charge in [-0.25, -0.2) is 0 Å². The lowest BCUT2D eigenvalue weighted by Gasteiger charge is -2.33. The lowest BCUT2D eigenvalue weighted by molar-refractivity contribution is -0.133. The normalized spacial score (nSPS) is 16.8. The molecule has 140 valence electrons. The number of aryl methyl sites for hydroxylation is 1. The summed E-state index contributed by atoms with van der Waals surface area (Å²) in [7, 11) is 1.77. The summed E-state index contributed by atoms with van der Waals surface area (Å²) in [6, 6.07) is 1.55. The quantitative estimate of drug-likeness (QED) is 0.746. The molecule has 0 bridgehead atoms. The maximum absolute atomic E-state index is 12.5. The van der Waals surface area contributed by atoms with Gasteiger partial charge in [-0.1, -0.05) is 32.6 Å². The third-order valence-electron chi connectivity index (χ3n) is 5.53. The number of amides is 2. The second-order valence-corrected chi connectivity index (χ2v) is 7.27. The molecule has 2 atom stereocenters. The standard InChI is InChI=1S/C19H32N4O2/c1-5-16(17-7-6-8-17)13-18(24)20-11-12-22(4)19(25)15(3)23-14(2)9-10-21-23/h9-10,15-17H,5-8,11-13H2,1-4H3,(H,20,24). The molecule has 0 spiro atoms. The van der Waals surface area contributed by atoms with Gasteiger partial charge in [0.1, 0.15) is 6.04 Å². The molecule has 1 saturated carbocycles. The van der Waals surface area contributed by atoms with E-state index in [1.165, 1.54) is 19.3 Å². The highest BCUT2D eigenvalue weighted by Gasteiger charge is 2.27. The molecule has 0 radical (unpaired) electrons. The van der Waals surface area contributed by atoms with E-state index in [0.29, 0.717) is 25.4 Å². The lowest BCUT2D eigenvalue weighted by Crippen LogP contribution is -2.40. The number of hydrogen-bond acceptors (Lipinski definition) is 3. The van der Waals surface area contributed by atoms with Crippen LogP contribution < -0.4 is 5.32 Å². The Balaban J connectivity index is 1.72. The van der Waals surface area contributed by atoms with Crippen molar-refractivity contribution in [3.8, 4) is 0 Å². The van der Waals surface area contributed by atoms with Crippen molar-refractivity contribution in [1.82, 2.24) is 20.0 Å². The third-order valence-corrected chi connectivity index (χ3v) is 5.53. The summed E-state index contributed by atoms with van der Waals surface area (Å²) in [6.07, 6.45) is 7.23. The molecule has 1 N–H and O–H groups in total. The van der Waals surface area contributed by atoms with Crippen molar-refractivity contribution >= 4 is 11.8 Å². The largest absolute Gasteiger partial charge is 0.354 e. The van der Waals surface area contributed by atoms with Crippen molar-refractivity contribution < 1.29 is 9.59 Å². The van der Waals surface area contributed by atoms with Crippen molar-refractivity contribution in [2.45, 2.75) is 58.9 Å². The van der Waals surface area contributed by atoms with Crippen LogP contribution in [0.5, 0.6) is 0 Å². The van der Waals surface area contributed by atoms with Gasteiger partial charge in [-0.2, -0.15) is 5.10 Å². The van der Waals surface area contributed by atoms with Crippen molar-refractivity contribution in [3.05, 3.63) is 18.0 Å². The predicted octanol–water partition coefficient (Wildman–Crippen LogP) is 2.54. The Hall–Kier alpha value is -1.85. The van der Waals surface area contributed by atoms with E-state index >= 15 is 0 Å². The molecule has 0 aromatic carbocycles. The van der Waals surface area contributed by atoms with Crippen molar-refractivity contribution in [2.75, 3.05) is 20.1 Å². The van der Waals surface area contributed by atoms with Gasteiger partial charge < -0.3 is 10.2 Å². The number of hydrogen-bond donors (Lipinski definition) is 1. The fourth-order valence-electron chi connectivity index (χ4n) is 3.55. The molecule has 1 aliphatic carbocycles. The Kier molecular flexibility index (Phi) is 7.02. The minimum Gasteiger partial charge on any atom is -0.354 e. The molecule has 1 aromatic heterocycles. The molecule has 0 aliphatic heterocycles. The number of nitrogens with one attached hydrogen (secondary N) is 1. The molecule has 1 aromatic rings. The minimum atomic E-state index is -0.334. The summed E-state index contributed by atoms with van der Waals surface area (Å²) in [5.74, 6) is 1.35.